The third kappa shape index (κ3) is 4.18. The molecule has 1 heterocycles. The lowest BCUT2D eigenvalue weighted by molar-refractivity contribution is -0.124. The number of rotatable bonds is 3. The molecule has 28 heavy (non-hydrogen) atoms. The summed E-state index contributed by atoms with van der Waals surface area (Å²) in [5.74, 6) is 0.544. The Morgan fingerprint density at radius 3 is 2.50 bits per heavy atom. The van der Waals surface area contributed by atoms with Gasteiger partial charge in [-0.2, -0.15) is 0 Å². The number of para-hydroxylation sites is 1. The van der Waals surface area contributed by atoms with Crippen molar-refractivity contribution in [3.8, 4) is 0 Å². The highest BCUT2D eigenvalue weighted by Crippen LogP contribution is 2.40. The van der Waals surface area contributed by atoms with E-state index in [1.165, 1.54) is 18.2 Å². The Labute approximate surface area is 175 Å². The zero-order valence-electron chi connectivity index (χ0n) is 15.8. The van der Waals surface area contributed by atoms with Crippen LogP contribution in [0.15, 0.2) is 64.5 Å². The fraction of sp³-hybridized carbons (Fsp3) is 0.304. The number of amides is 1. The molecule has 2 aromatic rings. The van der Waals surface area contributed by atoms with Crippen LogP contribution in [0.25, 0.3) is 6.08 Å². The summed E-state index contributed by atoms with van der Waals surface area (Å²) in [5.41, 5.74) is 1.84. The summed E-state index contributed by atoms with van der Waals surface area (Å²) >= 11 is 7.46. The summed E-state index contributed by atoms with van der Waals surface area (Å²) in [4.78, 5) is 20.8. The SMILES string of the molecule is C[C@@H]1CCCC[C@H]1N1C(=O)/C(=C/c2ccc(Cl)cc2)SC1=Nc1ccccc1. The van der Waals surface area contributed by atoms with Crippen molar-refractivity contribution in [2.75, 3.05) is 0 Å². The number of carbonyl (C=O) groups excluding carboxylic acids is 1. The Kier molecular flexibility index (Phi) is 5.88. The molecule has 2 fully saturated rings. The minimum absolute atomic E-state index is 0.0633. The lowest BCUT2D eigenvalue weighted by atomic mass is 9.85. The summed E-state index contributed by atoms with van der Waals surface area (Å²) in [5, 5.41) is 1.48. The second kappa shape index (κ2) is 8.54. The summed E-state index contributed by atoms with van der Waals surface area (Å²) in [7, 11) is 0. The van der Waals surface area contributed by atoms with Gasteiger partial charge < -0.3 is 0 Å². The van der Waals surface area contributed by atoms with Crippen molar-refractivity contribution in [2.45, 2.75) is 38.6 Å². The first-order chi connectivity index (χ1) is 13.6. The van der Waals surface area contributed by atoms with E-state index >= 15 is 0 Å². The van der Waals surface area contributed by atoms with Crippen molar-refractivity contribution in [1.29, 1.82) is 0 Å². The molecule has 1 amide bonds. The minimum Gasteiger partial charge on any atom is -0.283 e. The summed E-state index contributed by atoms with van der Waals surface area (Å²) < 4.78 is 0. The predicted octanol–water partition coefficient (Wildman–Crippen LogP) is 6.52. The molecular formula is C23H23ClN2OS. The van der Waals surface area contributed by atoms with E-state index in [2.05, 4.69) is 6.92 Å². The van der Waals surface area contributed by atoms with Crippen molar-refractivity contribution < 1.29 is 4.79 Å². The molecule has 1 aliphatic heterocycles. The third-order valence-corrected chi connectivity index (χ3v) is 6.62. The van der Waals surface area contributed by atoms with Crippen molar-refractivity contribution in [3.05, 3.63) is 70.1 Å². The number of thioether (sulfide) groups is 1. The molecule has 2 aromatic carbocycles. The van der Waals surface area contributed by atoms with Gasteiger partial charge in [-0.1, -0.05) is 61.7 Å². The van der Waals surface area contributed by atoms with Gasteiger partial charge in [0.1, 0.15) is 0 Å². The maximum absolute atomic E-state index is 13.4. The minimum atomic E-state index is 0.0633. The first-order valence-corrected chi connectivity index (χ1v) is 10.9. The highest BCUT2D eigenvalue weighted by atomic mass is 35.5. The molecule has 1 saturated carbocycles. The van der Waals surface area contributed by atoms with E-state index < -0.39 is 0 Å². The number of amidine groups is 1. The molecule has 1 aliphatic carbocycles. The monoisotopic (exact) mass is 410 g/mol. The number of nitrogens with zero attached hydrogens (tertiary/aromatic N) is 2. The summed E-state index contributed by atoms with van der Waals surface area (Å²) in [6.45, 7) is 2.25. The van der Waals surface area contributed by atoms with Crippen LogP contribution in [0.1, 0.15) is 38.2 Å². The lowest BCUT2D eigenvalue weighted by Crippen LogP contribution is -2.44. The van der Waals surface area contributed by atoms with Crippen molar-refractivity contribution in [3.63, 3.8) is 0 Å². The standard InChI is InChI=1S/C23H23ClN2OS/c1-16-7-5-6-10-20(16)26-22(27)21(15-17-11-13-18(24)14-12-17)28-23(26)25-19-8-3-2-4-9-19/h2-4,8-9,11-16,20H,5-7,10H2,1H3/b21-15-,25-23?/t16-,20-/m1/s1. The largest absolute Gasteiger partial charge is 0.283 e. The van der Waals surface area contributed by atoms with Crippen LogP contribution in [0.4, 0.5) is 5.69 Å². The maximum Gasteiger partial charge on any atom is 0.267 e. The van der Waals surface area contributed by atoms with Crippen LogP contribution in [0.5, 0.6) is 0 Å². The summed E-state index contributed by atoms with van der Waals surface area (Å²) in [6, 6.07) is 17.6. The fourth-order valence-electron chi connectivity index (χ4n) is 3.86. The highest BCUT2D eigenvalue weighted by Gasteiger charge is 2.40. The molecule has 1 saturated heterocycles. The average Bonchev–Trinajstić information content (AvgIpc) is 3.00. The van der Waals surface area contributed by atoms with Gasteiger partial charge in [-0.3, -0.25) is 9.69 Å². The molecule has 0 N–H and O–H groups in total. The Morgan fingerprint density at radius 1 is 1.07 bits per heavy atom. The number of halogens is 1. The van der Waals surface area contributed by atoms with Crippen LogP contribution in [-0.2, 0) is 4.79 Å². The van der Waals surface area contributed by atoms with Crippen LogP contribution >= 0.6 is 23.4 Å². The van der Waals surface area contributed by atoms with Gasteiger partial charge in [0.2, 0.25) is 0 Å². The van der Waals surface area contributed by atoms with Gasteiger partial charge in [0, 0.05) is 11.1 Å². The number of hydrogen-bond acceptors (Lipinski definition) is 3. The number of hydrogen-bond donors (Lipinski definition) is 0. The molecule has 144 valence electrons. The summed E-state index contributed by atoms with van der Waals surface area (Å²) in [6.07, 6.45) is 6.55. The average molecular weight is 411 g/mol. The highest BCUT2D eigenvalue weighted by molar-refractivity contribution is 8.18. The van der Waals surface area contributed by atoms with Gasteiger partial charge >= 0.3 is 0 Å². The van der Waals surface area contributed by atoms with Crippen molar-refractivity contribution in [2.24, 2.45) is 10.9 Å². The molecule has 2 aliphatic rings. The molecule has 0 spiro atoms. The first kappa shape index (κ1) is 19.3. The van der Waals surface area contributed by atoms with Crippen LogP contribution < -0.4 is 0 Å². The van der Waals surface area contributed by atoms with E-state index in [4.69, 9.17) is 16.6 Å². The van der Waals surface area contributed by atoms with Crippen molar-refractivity contribution >= 4 is 46.2 Å². The second-order valence-electron chi connectivity index (χ2n) is 7.40. The Bertz CT molecular complexity index is 908. The smallest absolute Gasteiger partial charge is 0.267 e. The number of benzene rings is 2. The molecule has 0 unspecified atom stereocenters. The van der Waals surface area contributed by atoms with Gasteiger partial charge in [0.25, 0.3) is 5.91 Å². The number of carbonyl (C=O) groups is 1. The van der Waals surface area contributed by atoms with Gasteiger partial charge in [0.05, 0.1) is 10.6 Å². The van der Waals surface area contributed by atoms with E-state index in [1.54, 1.807) is 0 Å². The lowest BCUT2D eigenvalue weighted by Gasteiger charge is -2.35. The molecule has 3 nitrogen and oxygen atoms in total. The Hall–Kier alpha value is -2.04. The predicted molar refractivity (Wildman–Crippen MR) is 119 cm³/mol. The van der Waals surface area contributed by atoms with E-state index in [-0.39, 0.29) is 11.9 Å². The molecular weight excluding hydrogens is 388 g/mol. The normalized spacial score (nSPS) is 25.6. The van der Waals surface area contributed by atoms with Gasteiger partial charge in [-0.25, -0.2) is 4.99 Å². The Morgan fingerprint density at radius 2 is 1.79 bits per heavy atom. The molecule has 4 rings (SSSR count). The second-order valence-corrected chi connectivity index (χ2v) is 8.84. The van der Waals surface area contributed by atoms with Crippen LogP contribution in [0.2, 0.25) is 5.02 Å². The van der Waals surface area contributed by atoms with Crippen molar-refractivity contribution in [1.82, 2.24) is 4.90 Å². The van der Waals surface area contributed by atoms with Gasteiger partial charge in [0.15, 0.2) is 5.17 Å². The first-order valence-electron chi connectivity index (χ1n) is 9.74. The zero-order valence-corrected chi connectivity index (χ0v) is 17.4. The molecule has 0 radical (unpaired) electrons. The quantitative estimate of drug-likeness (QED) is 0.539. The number of aliphatic imine (C=N–C) groups is 1. The van der Waals surface area contributed by atoms with Crippen LogP contribution in [0.3, 0.4) is 0 Å². The van der Waals surface area contributed by atoms with Crippen LogP contribution in [-0.4, -0.2) is 22.0 Å². The topological polar surface area (TPSA) is 32.7 Å². The Balaban J connectivity index is 1.71. The van der Waals surface area contributed by atoms with E-state index in [1.807, 2.05) is 65.6 Å². The van der Waals surface area contributed by atoms with Gasteiger partial charge in [-0.05, 0) is 66.4 Å². The zero-order chi connectivity index (χ0) is 19.5. The van der Waals surface area contributed by atoms with E-state index in [0.717, 1.165) is 40.6 Å². The molecule has 0 bridgehead atoms. The third-order valence-electron chi connectivity index (χ3n) is 5.38. The fourth-order valence-corrected chi connectivity index (χ4v) is 5.03. The van der Waals surface area contributed by atoms with Crippen LogP contribution in [0, 0.1) is 5.92 Å². The van der Waals surface area contributed by atoms with Gasteiger partial charge in [-0.15, -0.1) is 0 Å². The molecule has 0 aromatic heterocycles. The van der Waals surface area contributed by atoms with E-state index in [9.17, 15) is 4.79 Å². The maximum atomic E-state index is 13.4. The molecule has 5 heteroatoms. The molecule has 2 atom stereocenters. The van der Waals surface area contributed by atoms with E-state index in [0.29, 0.717) is 10.9 Å².